The number of aromatic nitrogens is 2. The Kier molecular flexibility index (Phi) is 6.69. The third-order valence-electron chi connectivity index (χ3n) is 3.76. The molecule has 8 heteroatoms. The van der Waals surface area contributed by atoms with E-state index < -0.39 is 0 Å². The van der Waals surface area contributed by atoms with Crippen LogP contribution in [0.25, 0.3) is 11.5 Å². The summed E-state index contributed by atoms with van der Waals surface area (Å²) >= 11 is 1.20. The molecule has 0 bridgehead atoms. The van der Waals surface area contributed by atoms with Crippen LogP contribution in [-0.2, 0) is 4.79 Å². The molecule has 0 spiro atoms. The summed E-state index contributed by atoms with van der Waals surface area (Å²) in [6.45, 7) is 6.10. The second kappa shape index (κ2) is 8.75. The van der Waals surface area contributed by atoms with Gasteiger partial charge in [0, 0.05) is 12.1 Å². The fraction of sp³-hybridized carbons (Fsp3) is 0.471. The van der Waals surface area contributed by atoms with Crippen molar-refractivity contribution in [2.24, 2.45) is 5.92 Å². The van der Waals surface area contributed by atoms with Gasteiger partial charge in [-0.2, -0.15) is 0 Å². The highest BCUT2D eigenvalue weighted by molar-refractivity contribution is 7.99. The maximum absolute atomic E-state index is 11.9. The number of rotatable bonds is 8. The number of carbonyl (C=O) groups excluding carboxylic acids is 1. The highest BCUT2D eigenvalue weighted by Gasteiger charge is 2.16. The van der Waals surface area contributed by atoms with E-state index >= 15 is 0 Å². The van der Waals surface area contributed by atoms with Gasteiger partial charge in [0.05, 0.1) is 25.5 Å². The van der Waals surface area contributed by atoms with Gasteiger partial charge in [-0.1, -0.05) is 25.6 Å². The van der Waals surface area contributed by atoms with E-state index in [4.69, 9.17) is 13.9 Å². The summed E-state index contributed by atoms with van der Waals surface area (Å²) in [5, 5.41) is 11.3. The summed E-state index contributed by atoms with van der Waals surface area (Å²) in [6.07, 6.45) is 0. The van der Waals surface area contributed by atoms with Gasteiger partial charge in [-0.25, -0.2) is 0 Å². The zero-order valence-corrected chi connectivity index (χ0v) is 15.8. The van der Waals surface area contributed by atoms with Gasteiger partial charge in [-0.3, -0.25) is 4.79 Å². The van der Waals surface area contributed by atoms with Gasteiger partial charge in [0.1, 0.15) is 11.5 Å². The normalized spacial score (nSPS) is 12.1. The molecule has 0 aliphatic rings. The monoisotopic (exact) mass is 365 g/mol. The Morgan fingerprint density at radius 2 is 2.00 bits per heavy atom. The molecule has 0 aliphatic carbocycles. The van der Waals surface area contributed by atoms with Crippen molar-refractivity contribution in [3.63, 3.8) is 0 Å². The second-order valence-corrected chi connectivity index (χ2v) is 6.75. The zero-order valence-electron chi connectivity index (χ0n) is 15.0. The van der Waals surface area contributed by atoms with Crippen molar-refractivity contribution in [3.8, 4) is 23.0 Å². The molecule has 0 saturated carbocycles. The van der Waals surface area contributed by atoms with E-state index in [2.05, 4.69) is 29.4 Å². The largest absolute Gasteiger partial charge is 0.497 e. The van der Waals surface area contributed by atoms with Crippen molar-refractivity contribution >= 4 is 17.7 Å². The van der Waals surface area contributed by atoms with E-state index in [9.17, 15) is 4.79 Å². The molecule has 1 heterocycles. The van der Waals surface area contributed by atoms with Crippen LogP contribution in [0.4, 0.5) is 0 Å². The van der Waals surface area contributed by atoms with E-state index in [1.807, 2.05) is 6.92 Å². The van der Waals surface area contributed by atoms with E-state index in [0.29, 0.717) is 34.1 Å². The van der Waals surface area contributed by atoms with Gasteiger partial charge >= 0.3 is 0 Å². The van der Waals surface area contributed by atoms with Gasteiger partial charge in [-0.05, 0) is 25.0 Å². The molecule has 1 amide bonds. The summed E-state index contributed by atoms with van der Waals surface area (Å²) in [7, 11) is 3.14. The van der Waals surface area contributed by atoms with Gasteiger partial charge in [0.25, 0.3) is 11.1 Å². The maximum Gasteiger partial charge on any atom is 0.277 e. The number of methoxy groups -OCH3 is 2. The highest BCUT2D eigenvalue weighted by atomic mass is 32.2. The number of nitrogens with one attached hydrogen (secondary N) is 1. The van der Waals surface area contributed by atoms with Crippen LogP contribution in [0.15, 0.2) is 27.8 Å². The lowest BCUT2D eigenvalue weighted by Crippen LogP contribution is -2.37. The van der Waals surface area contributed by atoms with Gasteiger partial charge < -0.3 is 19.2 Å². The number of nitrogens with zero attached hydrogens (tertiary/aromatic N) is 2. The zero-order chi connectivity index (χ0) is 18.4. The summed E-state index contributed by atoms with van der Waals surface area (Å²) in [4.78, 5) is 11.9. The van der Waals surface area contributed by atoms with Crippen LogP contribution in [0.5, 0.6) is 11.5 Å². The number of thioether (sulfide) groups is 1. The van der Waals surface area contributed by atoms with Crippen molar-refractivity contribution in [2.45, 2.75) is 32.0 Å². The van der Waals surface area contributed by atoms with Crippen molar-refractivity contribution in [1.29, 1.82) is 0 Å². The topological polar surface area (TPSA) is 86.5 Å². The molecule has 25 heavy (non-hydrogen) atoms. The predicted molar refractivity (Wildman–Crippen MR) is 96.0 cm³/mol. The van der Waals surface area contributed by atoms with Crippen molar-refractivity contribution < 1.29 is 18.7 Å². The van der Waals surface area contributed by atoms with Crippen LogP contribution in [-0.4, -0.2) is 42.1 Å². The Labute approximate surface area is 151 Å². The first kappa shape index (κ1) is 19.1. The number of carbonyl (C=O) groups is 1. The quantitative estimate of drug-likeness (QED) is 0.720. The van der Waals surface area contributed by atoms with Crippen LogP contribution in [0.3, 0.4) is 0 Å². The lowest BCUT2D eigenvalue weighted by molar-refractivity contribution is -0.119. The molecular weight excluding hydrogens is 342 g/mol. The first-order valence-electron chi connectivity index (χ1n) is 7.92. The van der Waals surface area contributed by atoms with Crippen LogP contribution in [0.2, 0.25) is 0 Å². The van der Waals surface area contributed by atoms with Gasteiger partial charge in [0.15, 0.2) is 0 Å². The summed E-state index contributed by atoms with van der Waals surface area (Å²) in [5.74, 6) is 2.12. The van der Waals surface area contributed by atoms with E-state index in [1.165, 1.54) is 11.8 Å². The molecule has 0 radical (unpaired) electrons. The van der Waals surface area contributed by atoms with Crippen LogP contribution >= 0.6 is 11.8 Å². The SMILES string of the molecule is COc1ccc(-c2nnc(SCC(=O)N[C@H](C)C(C)C)o2)c(OC)c1. The molecule has 0 unspecified atom stereocenters. The van der Waals surface area contributed by atoms with Crippen LogP contribution < -0.4 is 14.8 Å². The van der Waals surface area contributed by atoms with Crippen molar-refractivity contribution in [2.75, 3.05) is 20.0 Å². The molecule has 0 aliphatic heterocycles. The summed E-state index contributed by atoms with van der Waals surface area (Å²) in [6, 6.07) is 5.44. The van der Waals surface area contributed by atoms with Gasteiger partial charge in [-0.15, -0.1) is 10.2 Å². The Balaban J connectivity index is 2.02. The molecule has 2 aromatic rings. The third-order valence-corrected chi connectivity index (χ3v) is 4.58. The Bertz CT molecular complexity index is 718. The molecule has 1 atom stereocenters. The third kappa shape index (κ3) is 5.12. The van der Waals surface area contributed by atoms with E-state index in [-0.39, 0.29) is 17.7 Å². The smallest absolute Gasteiger partial charge is 0.277 e. The van der Waals surface area contributed by atoms with Crippen LogP contribution in [0.1, 0.15) is 20.8 Å². The van der Waals surface area contributed by atoms with E-state index in [0.717, 1.165) is 0 Å². The fourth-order valence-corrected chi connectivity index (χ4v) is 2.52. The lowest BCUT2D eigenvalue weighted by atomic mass is 10.1. The first-order chi connectivity index (χ1) is 11.9. The lowest BCUT2D eigenvalue weighted by Gasteiger charge is -2.16. The molecule has 0 fully saturated rings. The maximum atomic E-state index is 11.9. The number of amides is 1. The van der Waals surface area contributed by atoms with Crippen molar-refractivity contribution in [3.05, 3.63) is 18.2 Å². The average molecular weight is 365 g/mol. The van der Waals surface area contributed by atoms with Crippen LogP contribution in [0, 0.1) is 5.92 Å². The molecule has 1 aromatic heterocycles. The predicted octanol–water partition coefficient (Wildman–Crippen LogP) is 3.01. The number of ether oxygens (including phenoxy) is 2. The summed E-state index contributed by atoms with van der Waals surface area (Å²) in [5.41, 5.74) is 0.667. The molecule has 7 nitrogen and oxygen atoms in total. The number of hydrogen-bond donors (Lipinski definition) is 1. The molecule has 1 aromatic carbocycles. The van der Waals surface area contributed by atoms with E-state index in [1.54, 1.807) is 32.4 Å². The molecule has 136 valence electrons. The minimum atomic E-state index is -0.0621. The Morgan fingerprint density at radius 1 is 1.24 bits per heavy atom. The van der Waals surface area contributed by atoms with Gasteiger partial charge in [0.2, 0.25) is 5.91 Å². The Morgan fingerprint density at radius 3 is 2.64 bits per heavy atom. The highest BCUT2D eigenvalue weighted by Crippen LogP contribution is 2.33. The molecule has 2 rings (SSSR count). The van der Waals surface area contributed by atoms with Crippen molar-refractivity contribution in [1.82, 2.24) is 15.5 Å². The Hall–Kier alpha value is -2.22. The standard InChI is InChI=1S/C17H23N3O4S/c1-10(2)11(3)18-15(21)9-25-17-20-19-16(24-17)13-7-6-12(22-4)8-14(13)23-5/h6-8,10-11H,9H2,1-5H3,(H,18,21)/t11-/m1/s1. The molecule has 1 N–H and O–H groups in total. The minimum absolute atomic E-state index is 0.0621. The number of hydrogen-bond acceptors (Lipinski definition) is 7. The fourth-order valence-electron chi connectivity index (χ4n) is 1.94. The number of benzene rings is 1. The first-order valence-corrected chi connectivity index (χ1v) is 8.91. The molecular formula is C17H23N3O4S. The molecule has 0 saturated heterocycles. The summed E-state index contributed by atoms with van der Waals surface area (Å²) < 4.78 is 16.1. The second-order valence-electron chi connectivity index (χ2n) is 5.83. The average Bonchev–Trinajstić information content (AvgIpc) is 3.08. The minimum Gasteiger partial charge on any atom is -0.497 e.